The number of nitrogens with zero attached hydrogens (tertiary/aromatic N) is 2. The van der Waals surface area contributed by atoms with Gasteiger partial charge in [0.05, 0.1) is 19.8 Å². The summed E-state index contributed by atoms with van der Waals surface area (Å²) < 4.78 is 10.5. The van der Waals surface area contributed by atoms with Gasteiger partial charge in [-0.1, -0.05) is 29.8 Å². The highest BCUT2D eigenvalue weighted by molar-refractivity contribution is 5.34. The van der Waals surface area contributed by atoms with Crippen molar-refractivity contribution >= 4 is 0 Å². The number of aromatic nitrogens is 2. The zero-order valence-electron chi connectivity index (χ0n) is 12.0. The van der Waals surface area contributed by atoms with Gasteiger partial charge in [0.15, 0.2) is 0 Å². The van der Waals surface area contributed by atoms with Crippen LogP contribution in [0.25, 0.3) is 0 Å². The van der Waals surface area contributed by atoms with E-state index in [1.807, 2.05) is 0 Å². The second-order valence-corrected chi connectivity index (χ2v) is 4.46. The summed E-state index contributed by atoms with van der Waals surface area (Å²) in [6, 6.07) is 8.42. The number of aryl methyl sites for hydroxylation is 1. The molecule has 0 saturated heterocycles. The Morgan fingerprint density at radius 1 is 0.950 bits per heavy atom. The molecule has 1 heterocycles. The summed E-state index contributed by atoms with van der Waals surface area (Å²) in [6.07, 6.45) is 1.43. The van der Waals surface area contributed by atoms with Crippen LogP contribution in [0.1, 0.15) is 16.7 Å². The minimum absolute atomic E-state index is 0.535. The zero-order valence-corrected chi connectivity index (χ0v) is 12.0. The summed E-state index contributed by atoms with van der Waals surface area (Å²) in [4.78, 5) is 8.18. The Morgan fingerprint density at radius 3 is 2.10 bits per heavy atom. The maximum absolute atomic E-state index is 5.24. The van der Waals surface area contributed by atoms with Gasteiger partial charge >= 0.3 is 0 Å². The molecule has 20 heavy (non-hydrogen) atoms. The molecule has 5 nitrogen and oxygen atoms in total. The standard InChI is InChI=1S/C15H19N3O2/c1-11-4-6-12(7-5-11)8-16-9-13-14(19-2)17-10-18-15(13)20-3/h4-7,10,16H,8-9H2,1-3H3. The van der Waals surface area contributed by atoms with Crippen molar-refractivity contribution in [2.45, 2.75) is 20.0 Å². The normalized spacial score (nSPS) is 10.3. The fraction of sp³-hybridized carbons (Fsp3) is 0.333. The van der Waals surface area contributed by atoms with Crippen molar-refractivity contribution in [3.63, 3.8) is 0 Å². The first-order valence-electron chi connectivity index (χ1n) is 6.42. The predicted molar refractivity (Wildman–Crippen MR) is 76.9 cm³/mol. The number of ether oxygens (including phenoxy) is 2. The van der Waals surface area contributed by atoms with E-state index in [-0.39, 0.29) is 0 Å². The fourth-order valence-electron chi connectivity index (χ4n) is 1.92. The van der Waals surface area contributed by atoms with Crippen LogP contribution in [0, 0.1) is 6.92 Å². The number of rotatable bonds is 6. The van der Waals surface area contributed by atoms with Crippen LogP contribution in [-0.4, -0.2) is 24.2 Å². The average Bonchev–Trinajstić information content (AvgIpc) is 2.49. The highest BCUT2D eigenvalue weighted by Gasteiger charge is 2.12. The Kier molecular flexibility index (Phi) is 4.90. The van der Waals surface area contributed by atoms with E-state index >= 15 is 0 Å². The predicted octanol–water partition coefficient (Wildman–Crippen LogP) is 2.09. The van der Waals surface area contributed by atoms with Gasteiger partial charge in [-0.2, -0.15) is 0 Å². The van der Waals surface area contributed by atoms with E-state index in [1.165, 1.54) is 17.5 Å². The Bertz CT molecular complexity index is 533. The van der Waals surface area contributed by atoms with Gasteiger partial charge in [0.2, 0.25) is 11.8 Å². The molecule has 1 aromatic carbocycles. The van der Waals surface area contributed by atoms with Gasteiger partial charge in [-0.05, 0) is 12.5 Å². The molecule has 1 aromatic heterocycles. The van der Waals surface area contributed by atoms with Crippen molar-refractivity contribution in [2.75, 3.05) is 14.2 Å². The minimum Gasteiger partial charge on any atom is -0.481 e. The summed E-state index contributed by atoms with van der Waals surface area (Å²) in [5.74, 6) is 1.07. The van der Waals surface area contributed by atoms with E-state index in [4.69, 9.17) is 9.47 Å². The molecule has 5 heteroatoms. The topological polar surface area (TPSA) is 56.3 Å². The Labute approximate surface area is 119 Å². The maximum atomic E-state index is 5.24. The first-order chi connectivity index (χ1) is 9.74. The smallest absolute Gasteiger partial charge is 0.224 e. The number of hydrogen-bond acceptors (Lipinski definition) is 5. The fourth-order valence-corrected chi connectivity index (χ4v) is 1.92. The first kappa shape index (κ1) is 14.3. The lowest BCUT2D eigenvalue weighted by Gasteiger charge is -2.11. The number of nitrogens with one attached hydrogen (secondary N) is 1. The second kappa shape index (κ2) is 6.86. The quantitative estimate of drug-likeness (QED) is 0.873. The van der Waals surface area contributed by atoms with Gasteiger partial charge in [-0.15, -0.1) is 0 Å². The molecular formula is C15H19N3O2. The average molecular weight is 273 g/mol. The molecule has 0 unspecified atom stereocenters. The molecule has 0 amide bonds. The highest BCUT2D eigenvalue weighted by Crippen LogP contribution is 2.22. The molecule has 0 atom stereocenters. The van der Waals surface area contributed by atoms with Crippen LogP contribution in [0.3, 0.4) is 0 Å². The minimum atomic E-state index is 0.535. The van der Waals surface area contributed by atoms with E-state index in [0.29, 0.717) is 18.3 Å². The summed E-state index contributed by atoms with van der Waals surface area (Å²) in [6.45, 7) is 3.43. The van der Waals surface area contributed by atoms with Crippen LogP contribution in [0.5, 0.6) is 11.8 Å². The Hall–Kier alpha value is -2.14. The van der Waals surface area contributed by atoms with Crippen molar-refractivity contribution in [1.82, 2.24) is 15.3 Å². The number of methoxy groups -OCH3 is 2. The zero-order chi connectivity index (χ0) is 14.4. The summed E-state index contributed by atoms with van der Waals surface area (Å²) in [7, 11) is 3.18. The van der Waals surface area contributed by atoms with E-state index in [0.717, 1.165) is 12.1 Å². The van der Waals surface area contributed by atoms with Crippen LogP contribution < -0.4 is 14.8 Å². The molecule has 1 N–H and O–H groups in total. The molecule has 2 aromatic rings. The molecule has 0 aliphatic heterocycles. The van der Waals surface area contributed by atoms with E-state index in [1.54, 1.807) is 14.2 Å². The lowest BCUT2D eigenvalue weighted by Crippen LogP contribution is -2.15. The van der Waals surface area contributed by atoms with Crippen LogP contribution in [-0.2, 0) is 13.1 Å². The van der Waals surface area contributed by atoms with E-state index in [9.17, 15) is 0 Å². The SMILES string of the molecule is COc1ncnc(OC)c1CNCc1ccc(C)cc1. The number of benzene rings is 1. The molecule has 0 fully saturated rings. The van der Waals surface area contributed by atoms with Crippen molar-refractivity contribution in [2.24, 2.45) is 0 Å². The molecular weight excluding hydrogens is 254 g/mol. The summed E-state index contributed by atoms with van der Waals surface area (Å²) >= 11 is 0. The first-order valence-corrected chi connectivity index (χ1v) is 6.42. The van der Waals surface area contributed by atoms with E-state index < -0.39 is 0 Å². The van der Waals surface area contributed by atoms with Gasteiger partial charge in [0, 0.05) is 13.1 Å². The lowest BCUT2D eigenvalue weighted by molar-refractivity contribution is 0.359. The van der Waals surface area contributed by atoms with Crippen molar-refractivity contribution in [3.8, 4) is 11.8 Å². The summed E-state index contributed by atoms with van der Waals surface area (Å²) in [5, 5.41) is 3.35. The van der Waals surface area contributed by atoms with Crippen molar-refractivity contribution in [3.05, 3.63) is 47.3 Å². The molecule has 0 aliphatic carbocycles. The monoisotopic (exact) mass is 273 g/mol. The van der Waals surface area contributed by atoms with Crippen LogP contribution in [0.2, 0.25) is 0 Å². The van der Waals surface area contributed by atoms with Gasteiger partial charge in [0.1, 0.15) is 6.33 Å². The lowest BCUT2D eigenvalue weighted by atomic mass is 10.1. The van der Waals surface area contributed by atoms with Crippen LogP contribution in [0.15, 0.2) is 30.6 Å². The van der Waals surface area contributed by atoms with Gasteiger partial charge in [-0.3, -0.25) is 0 Å². The maximum Gasteiger partial charge on any atom is 0.224 e. The van der Waals surface area contributed by atoms with Gasteiger partial charge < -0.3 is 14.8 Å². The highest BCUT2D eigenvalue weighted by atomic mass is 16.5. The van der Waals surface area contributed by atoms with E-state index in [2.05, 4.69) is 46.5 Å². The molecule has 0 aliphatic rings. The third-order valence-corrected chi connectivity index (χ3v) is 3.00. The summed E-state index contributed by atoms with van der Waals surface area (Å²) in [5.41, 5.74) is 3.31. The molecule has 0 saturated carbocycles. The van der Waals surface area contributed by atoms with Crippen molar-refractivity contribution in [1.29, 1.82) is 0 Å². The molecule has 0 radical (unpaired) electrons. The Balaban J connectivity index is 2.01. The molecule has 0 bridgehead atoms. The van der Waals surface area contributed by atoms with Crippen LogP contribution >= 0.6 is 0 Å². The molecule has 2 rings (SSSR count). The van der Waals surface area contributed by atoms with Crippen LogP contribution in [0.4, 0.5) is 0 Å². The number of hydrogen-bond donors (Lipinski definition) is 1. The third-order valence-electron chi connectivity index (χ3n) is 3.00. The van der Waals surface area contributed by atoms with Gasteiger partial charge in [0.25, 0.3) is 0 Å². The van der Waals surface area contributed by atoms with Crippen molar-refractivity contribution < 1.29 is 9.47 Å². The second-order valence-electron chi connectivity index (χ2n) is 4.46. The molecule has 106 valence electrons. The Morgan fingerprint density at radius 2 is 1.55 bits per heavy atom. The largest absolute Gasteiger partial charge is 0.481 e. The molecule has 0 spiro atoms. The van der Waals surface area contributed by atoms with Gasteiger partial charge in [-0.25, -0.2) is 9.97 Å². The third kappa shape index (κ3) is 3.45.